The fourth-order valence-electron chi connectivity index (χ4n) is 3.80. The summed E-state index contributed by atoms with van der Waals surface area (Å²) >= 11 is 0. The van der Waals surface area contributed by atoms with E-state index in [0.29, 0.717) is 34.0 Å². The van der Waals surface area contributed by atoms with Gasteiger partial charge < -0.3 is 15.5 Å². The summed E-state index contributed by atoms with van der Waals surface area (Å²) in [6.45, 7) is 0. The lowest BCUT2D eigenvalue weighted by molar-refractivity contribution is 0.415. The first-order chi connectivity index (χ1) is 15.2. The van der Waals surface area contributed by atoms with Gasteiger partial charge in [0.2, 0.25) is 0 Å². The molecule has 3 N–H and O–H groups in total. The average molecular weight is 408 g/mol. The van der Waals surface area contributed by atoms with E-state index in [-0.39, 0.29) is 5.56 Å². The molecule has 3 aromatic carbocycles. The van der Waals surface area contributed by atoms with Gasteiger partial charge in [0.1, 0.15) is 22.9 Å². The molecule has 31 heavy (non-hydrogen) atoms. The SMILES string of the molecule is COc1ccc(-c2c(N)[nH]c3c(-c4ccccc4)c(-c4ccccc4)nn3c2=O)cc1. The Bertz CT molecular complexity index is 1420. The summed E-state index contributed by atoms with van der Waals surface area (Å²) in [5.41, 5.74) is 11.1. The number of rotatable bonds is 4. The monoisotopic (exact) mass is 408 g/mol. The van der Waals surface area contributed by atoms with Gasteiger partial charge in [-0.15, -0.1) is 0 Å². The Balaban J connectivity index is 1.82. The summed E-state index contributed by atoms with van der Waals surface area (Å²) < 4.78 is 6.62. The van der Waals surface area contributed by atoms with E-state index in [9.17, 15) is 4.79 Å². The van der Waals surface area contributed by atoms with E-state index in [2.05, 4.69) is 4.98 Å². The number of H-pyrrole nitrogens is 1. The Labute approximate surface area is 178 Å². The maximum atomic E-state index is 13.5. The van der Waals surface area contributed by atoms with Crippen LogP contribution in [0.3, 0.4) is 0 Å². The van der Waals surface area contributed by atoms with Crippen molar-refractivity contribution < 1.29 is 4.74 Å². The highest BCUT2D eigenvalue weighted by atomic mass is 16.5. The first-order valence-corrected chi connectivity index (χ1v) is 9.87. The molecular weight excluding hydrogens is 388 g/mol. The first-order valence-electron chi connectivity index (χ1n) is 9.87. The number of hydrogen-bond acceptors (Lipinski definition) is 4. The number of hydrogen-bond donors (Lipinski definition) is 2. The van der Waals surface area contributed by atoms with Gasteiger partial charge in [0.25, 0.3) is 5.56 Å². The minimum atomic E-state index is -0.282. The molecule has 6 heteroatoms. The maximum Gasteiger partial charge on any atom is 0.284 e. The molecule has 0 spiro atoms. The molecule has 0 saturated carbocycles. The number of nitrogens with two attached hydrogens (primary N) is 1. The van der Waals surface area contributed by atoms with Crippen molar-refractivity contribution in [3.63, 3.8) is 0 Å². The molecule has 0 unspecified atom stereocenters. The van der Waals surface area contributed by atoms with Gasteiger partial charge in [0.05, 0.1) is 18.2 Å². The zero-order valence-electron chi connectivity index (χ0n) is 16.9. The Hall–Kier alpha value is -4.32. The smallest absolute Gasteiger partial charge is 0.284 e. The van der Waals surface area contributed by atoms with Crippen LogP contribution < -0.4 is 16.0 Å². The molecule has 0 bridgehead atoms. The zero-order valence-corrected chi connectivity index (χ0v) is 16.9. The number of anilines is 1. The second kappa shape index (κ2) is 7.50. The molecule has 0 aliphatic carbocycles. The second-order valence-electron chi connectivity index (χ2n) is 7.16. The minimum Gasteiger partial charge on any atom is -0.497 e. The number of fused-ring (bicyclic) bond motifs is 1. The highest BCUT2D eigenvalue weighted by Crippen LogP contribution is 2.35. The van der Waals surface area contributed by atoms with Gasteiger partial charge in [0, 0.05) is 5.56 Å². The maximum absolute atomic E-state index is 13.5. The van der Waals surface area contributed by atoms with Gasteiger partial charge in [-0.05, 0) is 23.3 Å². The topological polar surface area (TPSA) is 85.4 Å². The van der Waals surface area contributed by atoms with Crippen molar-refractivity contribution in [1.82, 2.24) is 14.6 Å². The number of nitrogen functional groups attached to an aromatic ring is 1. The number of nitrogens with zero attached hydrogens (tertiary/aromatic N) is 2. The van der Waals surface area contributed by atoms with Crippen molar-refractivity contribution in [3.05, 3.63) is 95.3 Å². The Morgan fingerprint density at radius 3 is 2.00 bits per heavy atom. The normalized spacial score (nSPS) is 11.0. The molecule has 2 aromatic heterocycles. The van der Waals surface area contributed by atoms with Gasteiger partial charge in [-0.1, -0.05) is 72.8 Å². The molecule has 0 aliphatic rings. The molecule has 0 radical (unpaired) electrons. The molecule has 2 heterocycles. The van der Waals surface area contributed by atoms with Crippen LogP contribution in [0.25, 0.3) is 39.2 Å². The van der Waals surface area contributed by atoms with Crippen molar-refractivity contribution in [1.29, 1.82) is 0 Å². The summed E-state index contributed by atoms with van der Waals surface area (Å²) in [7, 11) is 1.60. The van der Waals surface area contributed by atoms with Crippen LogP contribution in [0, 0.1) is 0 Å². The fraction of sp³-hybridized carbons (Fsp3) is 0.0400. The van der Waals surface area contributed by atoms with Crippen molar-refractivity contribution in [2.24, 2.45) is 0 Å². The highest BCUT2D eigenvalue weighted by molar-refractivity contribution is 5.91. The highest BCUT2D eigenvalue weighted by Gasteiger charge is 2.21. The van der Waals surface area contributed by atoms with E-state index in [0.717, 1.165) is 16.7 Å². The summed E-state index contributed by atoms with van der Waals surface area (Å²) in [5, 5.41) is 4.71. The van der Waals surface area contributed by atoms with Crippen LogP contribution in [0.4, 0.5) is 5.82 Å². The predicted octanol–water partition coefficient (Wildman–Crippen LogP) is 4.61. The van der Waals surface area contributed by atoms with Crippen LogP contribution in [0.5, 0.6) is 5.75 Å². The molecule has 0 fully saturated rings. The predicted molar refractivity (Wildman–Crippen MR) is 123 cm³/mol. The van der Waals surface area contributed by atoms with E-state index in [1.165, 1.54) is 4.52 Å². The second-order valence-corrected chi connectivity index (χ2v) is 7.16. The number of ether oxygens (including phenoxy) is 1. The molecule has 0 saturated heterocycles. The van der Waals surface area contributed by atoms with Crippen LogP contribution in [0.1, 0.15) is 0 Å². The zero-order chi connectivity index (χ0) is 21.4. The quantitative estimate of drug-likeness (QED) is 0.455. The van der Waals surface area contributed by atoms with Crippen molar-refractivity contribution in [2.45, 2.75) is 0 Å². The minimum absolute atomic E-state index is 0.282. The summed E-state index contributed by atoms with van der Waals surface area (Å²) in [6, 6.07) is 26.9. The standard InChI is InChI=1S/C25H20N4O2/c1-31-19-14-12-17(13-15-19)21-23(26)27-24-20(16-8-4-2-5-9-16)22(28-29(24)25(21)30)18-10-6-3-7-11-18/h2-15,27H,26H2,1H3. The lowest BCUT2D eigenvalue weighted by Gasteiger charge is -2.08. The number of aromatic amines is 1. The molecule has 5 rings (SSSR count). The van der Waals surface area contributed by atoms with Crippen molar-refractivity contribution >= 4 is 11.5 Å². The first kappa shape index (κ1) is 18.7. The molecular formula is C25H20N4O2. The van der Waals surface area contributed by atoms with Crippen LogP contribution in [0.15, 0.2) is 89.7 Å². The molecule has 0 amide bonds. The number of benzene rings is 3. The van der Waals surface area contributed by atoms with E-state index < -0.39 is 0 Å². The number of aromatic nitrogens is 3. The summed E-state index contributed by atoms with van der Waals surface area (Å²) in [4.78, 5) is 16.7. The molecule has 6 nitrogen and oxygen atoms in total. The van der Waals surface area contributed by atoms with Crippen LogP contribution in [-0.4, -0.2) is 21.7 Å². The summed E-state index contributed by atoms with van der Waals surface area (Å²) in [6.07, 6.45) is 0. The lowest BCUT2D eigenvalue weighted by atomic mass is 10.0. The fourth-order valence-corrected chi connectivity index (χ4v) is 3.80. The third kappa shape index (κ3) is 3.14. The third-order valence-corrected chi connectivity index (χ3v) is 5.30. The Kier molecular flexibility index (Phi) is 4.52. The Morgan fingerprint density at radius 1 is 0.806 bits per heavy atom. The van der Waals surface area contributed by atoms with Crippen molar-refractivity contribution in [3.8, 4) is 39.3 Å². The molecule has 152 valence electrons. The van der Waals surface area contributed by atoms with Gasteiger partial charge in [-0.25, -0.2) is 0 Å². The number of methoxy groups -OCH3 is 1. The van der Waals surface area contributed by atoms with Gasteiger partial charge >= 0.3 is 0 Å². The largest absolute Gasteiger partial charge is 0.497 e. The van der Waals surface area contributed by atoms with Gasteiger partial charge in [-0.2, -0.15) is 9.61 Å². The van der Waals surface area contributed by atoms with Gasteiger partial charge in [-0.3, -0.25) is 4.79 Å². The lowest BCUT2D eigenvalue weighted by Crippen LogP contribution is -2.19. The van der Waals surface area contributed by atoms with Crippen LogP contribution in [-0.2, 0) is 0 Å². The average Bonchev–Trinajstić information content (AvgIpc) is 3.20. The molecule has 0 aliphatic heterocycles. The molecule has 0 atom stereocenters. The van der Waals surface area contributed by atoms with E-state index in [1.54, 1.807) is 19.2 Å². The molecule has 5 aromatic rings. The van der Waals surface area contributed by atoms with Gasteiger partial charge in [0.15, 0.2) is 0 Å². The van der Waals surface area contributed by atoms with E-state index >= 15 is 0 Å². The van der Waals surface area contributed by atoms with Crippen molar-refractivity contribution in [2.75, 3.05) is 12.8 Å². The van der Waals surface area contributed by atoms with E-state index in [4.69, 9.17) is 15.6 Å². The van der Waals surface area contributed by atoms with Crippen LogP contribution in [0.2, 0.25) is 0 Å². The van der Waals surface area contributed by atoms with Crippen LogP contribution >= 0.6 is 0 Å². The van der Waals surface area contributed by atoms with E-state index in [1.807, 2.05) is 72.8 Å². The Morgan fingerprint density at radius 2 is 1.39 bits per heavy atom. The number of nitrogens with one attached hydrogen (secondary N) is 1. The third-order valence-electron chi connectivity index (χ3n) is 5.30. The summed E-state index contributed by atoms with van der Waals surface area (Å²) in [5.74, 6) is 0.996.